The van der Waals surface area contributed by atoms with Crippen LogP contribution in [-0.2, 0) is 6.54 Å². The van der Waals surface area contributed by atoms with E-state index >= 15 is 0 Å². The summed E-state index contributed by atoms with van der Waals surface area (Å²) in [6.07, 6.45) is 1.79. The zero-order chi connectivity index (χ0) is 13.5. The van der Waals surface area contributed by atoms with Crippen LogP contribution < -0.4 is 10.5 Å². The Balaban J connectivity index is 1.83. The number of aromatic nitrogens is 1. The fourth-order valence-corrected chi connectivity index (χ4v) is 2.88. The molecule has 0 saturated carbocycles. The van der Waals surface area contributed by atoms with Gasteiger partial charge in [-0.25, -0.2) is 4.98 Å². The van der Waals surface area contributed by atoms with Crippen molar-refractivity contribution in [2.24, 2.45) is 5.73 Å². The maximum atomic E-state index is 5.75. The van der Waals surface area contributed by atoms with Gasteiger partial charge in [0.15, 0.2) is 0 Å². The fourth-order valence-electron chi connectivity index (χ4n) is 1.58. The highest BCUT2D eigenvalue weighted by Gasteiger charge is 2.03. The topological polar surface area (TPSA) is 48.1 Å². The van der Waals surface area contributed by atoms with Crippen LogP contribution in [0.3, 0.4) is 0 Å². The second kappa shape index (κ2) is 7.53. The molecular weight excluding hydrogens is 324 g/mol. The average Bonchev–Trinajstić information content (AvgIpc) is 2.45. The van der Waals surface area contributed by atoms with Crippen LogP contribution in [0.1, 0.15) is 5.56 Å². The first-order chi connectivity index (χ1) is 9.31. The van der Waals surface area contributed by atoms with Gasteiger partial charge in [-0.2, -0.15) is 0 Å². The summed E-state index contributed by atoms with van der Waals surface area (Å²) in [6.45, 7) is 1.12. The average molecular weight is 339 g/mol. The lowest BCUT2D eigenvalue weighted by atomic mass is 10.2. The number of para-hydroxylation sites is 1. The highest BCUT2D eigenvalue weighted by atomic mass is 79.9. The summed E-state index contributed by atoms with van der Waals surface area (Å²) in [4.78, 5) is 4.30. The van der Waals surface area contributed by atoms with Crippen LogP contribution in [0.15, 0.2) is 52.1 Å². The number of nitrogens with two attached hydrogens (primary N) is 1. The molecule has 3 nitrogen and oxygen atoms in total. The first kappa shape index (κ1) is 14.4. The van der Waals surface area contributed by atoms with Crippen LogP contribution in [0.5, 0.6) is 5.75 Å². The minimum atomic E-state index is 0.495. The van der Waals surface area contributed by atoms with Gasteiger partial charge in [0, 0.05) is 28.5 Å². The third kappa shape index (κ3) is 4.23. The van der Waals surface area contributed by atoms with Crippen molar-refractivity contribution in [3.8, 4) is 5.75 Å². The Hall–Kier alpha value is -1.04. The van der Waals surface area contributed by atoms with Crippen LogP contribution in [0.4, 0.5) is 0 Å². The zero-order valence-corrected chi connectivity index (χ0v) is 12.8. The summed E-state index contributed by atoms with van der Waals surface area (Å²) in [5.74, 6) is 1.71. The molecule has 0 amide bonds. The quantitative estimate of drug-likeness (QED) is 0.647. The van der Waals surface area contributed by atoms with Crippen molar-refractivity contribution in [2.45, 2.75) is 11.6 Å². The molecule has 0 fully saturated rings. The molecule has 1 aromatic carbocycles. The molecule has 0 unspecified atom stereocenters. The molecule has 1 heterocycles. The van der Waals surface area contributed by atoms with E-state index in [0.29, 0.717) is 13.2 Å². The maximum Gasteiger partial charge on any atom is 0.123 e. The number of nitrogens with zero attached hydrogens (tertiary/aromatic N) is 1. The minimum Gasteiger partial charge on any atom is -0.492 e. The van der Waals surface area contributed by atoms with Gasteiger partial charge in [0.25, 0.3) is 0 Å². The summed E-state index contributed by atoms with van der Waals surface area (Å²) in [7, 11) is 0. The van der Waals surface area contributed by atoms with Crippen LogP contribution >= 0.6 is 27.7 Å². The molecule has 0 aliphatic carbocycles. The second-order valence-corrected chi connectivity index (χ2v) is 5.74. The van der Waals surface area contributed by atoms with Crippen LogP contribution in [0, 0.1) is 0 Å². The van der Waals surface area contributed by atoms with Gasteiger partial charge in [-0.05, 0) is 34.1 Å². The summed E-state index contributed by atoms with van der Waals surface area (Å²) in [5.41, 5.74) is 6.70. The summed E-state index contributed by atoms with van der Waals surface area (Å²) in [6, 6.07) is 11.7. The Kier molecular flexibility index (Phi) is 5.69. The largest absolute Gasteiger partial charge is 0.492 e. The highest BCUT2D eigenvalue weighted by molar-refractivity contribution is 9.10. The number of hydrogen-bond donors (Lipinski definition) is 1. The normalized spacial score (nSPS) is 10.4. The van der Waals surface area contributed by atoms with Gasteiger partial charge in [-0.15, -0.1) is 11.8 Å². The van der Waals surface area contributed by atoms with Gasteiger partial charge in [-0.3, -0.25) is 0 Å². The molecule has 5 heteroatoms. The van der Waals surface area contributed by atoms with E-state index < -0.39 is 0 Å². The van der Waals surface area contributed by atoms with Crippen molar-refractivity contribution in [3.05, 3.63) is 52.6 Å². The van der Waals surface area contributed by atoms with E-state index in [1.54, 1.807) is 18.0 Å². The number of thioether (sulfide) groups is 1. The highest BCUT2D eigenvalue weighted by Crippen LogP contribution is 2.24. The molecule has 2 N–H and O–H groups in total. The Labute approximate surface area is 125 Å². The van der Waals surface area contributed by atoms with Crippen LogP contribution in [0.2, 0.25) is 0 Å². The van der Waals surface area contributed by atoms with E-state index in [1.807, 2.05) is 36.4 Å². The molecule has 0 bridgehead atoms. The minimum absolute atomic E-state index is 0.495. The number of ether oxygens (including phenoxy) is 1. The standard InChI is InChI=1S/C14H15BrN2OS/c15-12-5-3-7-17-14(12)19-9-8-18-13-6-2-1-4-11(13)10-16/h1-7H,8-10,16H2. The van der Waals surface area contributed by atoms with E-state index in [2.05, 4.69) is 20.9 Å². The maximum absolute atomic E-state index is 5.75. The first-order valence-electron chi connectivity index (χ1n) is 5.95. The molecule has 19 heavy (non-hydrogen) atoms. The van der Waals surface area contributed by atoms with Crippen molar-refractivity contribution in [1.82, 2.24) is 4.98 Å². The molecule has 100 valence electrons. The predicted molar refractivity (Wildman–Crippen MR) is 82.5 cm³/mol. The van der Waals surface area contributed by atoms with Crippen molar-refractivity contribution < 1.29 is 4.74 Å². The van der Waals surface area contributed by atoms with Gasteiger partial charge in [0.1, 0.15) is 10.8 Å². The molecule has 0 saturated heterocycles. The lowest BCUT2D eigenvalue weighted by Crippen LogP contribution is -2.05. The van der Waals surface area contributed by atoms with E-state index in [1.165, 1.54) is 0 Å². The van der Waals surface area contributed by atoms with E-state index in [9.17, 15) is 0 Å². The van der Waals surface area contributed by atoms with Gasteiger partial charge < -0.3 is 10.5 Å². The predicted octanol–water partition coefficient (Wildman–Crippen LogP) is 3.47. The zero-order valence-electron chi connectivity index (χ0n) is 10.4. The number of halogens is 1. The van der Waals surface area contributed by atoms with E-state index in [4.69, 9.17) is 10.5 Å². The monoisotopic (exact) mass is 338 g/mol. The SMILES string of the molecule is NCc1ccccc1OCCSc1ncccc1Br. The number of benzene rings is 1. The Morgan fingerprint density at radius 2 is 2.05 bits per heavy atom. The third-order valence-corrected chi connectivity index (χ3v) is 4.37. The number of hydrogen-bond acceptors (Lipinski definition) is 4. The van der Waals surface area contributed by atoms with E-state index in [0.717, 1.165) is 26.6 Å². The Morgan fingerprint density at radius 3 is 2.84 bits per heavy atom. The summed E-state index contributed by atoms with van der Waals surface area (Å²) in [5, 5.41) is 0.984. The number of pyridine rings is 1. The van der Waals surface area contributed by atoms with Gasteiger partial charge in [-0.1, -0.05) is 18.2 Å². The molecule has 0 aliphatic heterocycles. The van der Waals surface area contributed by atoms with Crippen molar-refractivity contribution in [2.75, 3.05) is 12.4 Å². The second-order valence-electron chi connectivity index (χ2n) is 3.80. The van der Waals surface area contributed by atoms with Crippen LogP contribution in [-0.4, -0.2) is 17.3 Å². The molecule has 0 radical (unpaired) electrons. The van der Waals surface area contributed by atoms with Crippen molar-refractivity contribution in [3.63, 3.8) is 0 Å². The van der Waals surface area contributed by atoms with Crippen molar-refractivity contribution in [1.29, 1.82) is 0 Å². The van der Waals surface area contributed by atoms with Gasteiger partial charge in [0.05, 0.1) is 6.61 Å². The summed E-state index contributed by atoms with van der Waals surface area (Å²) >= 11 is 5.14. The Morgan fingerprint density at radius 1 is 1.21 bits per heavy atom. The van der Waals surface area contributed by atoms with Crippen LogP contribution in [0.25, 0.3) is 0 Å². The third-order valence-electron chi connectivity index (χ3n) is 2.50. The molecular formula is C14H15BrN2OS. The van der Waals surface area contributed by atoms with Crippen molar-refractivity contribution >= 4 is 27.7 Å². The molecule has 0 atom stereocenters. The molecule has 2 rings (SSSR count). The molecule has 2 aromatic rings. The van der Waals surface area contributed by atoms with Gasteiger partial charge in [0.2, 0.25) is 0 Å². The number of rotatable bonds is 6. The lowest BCUT2D eigenvalue weighted by Gasteiger charge is -2.10. The van der Waals surface area contributed by atoms with E-state index in [-0.39, 0.29) is 0 Å². The summed E-state index contributed by atoms with van der Waals surface area (Å²) < 4.78 is 6.76. The Bertz CT molecular complexity index is 536. The molecule has 0 spiro atoms. The molecule has 0 aliphatic rings. The lowest BCUT2D eigenvalue weighted by molar-refractivity contribution is 0.340. The fraction of sp³-hybridized carbons (Fsp3) is 0.214. The first-order valence-corrected chi connectivity index (χ1v) is 7.73. The van der Waals surface area contributed by atoms with Gasteiger partial charge >= 0.3 is 0 Å². The molecule has 1 aromatic heterocycles. The smallest absolute Gasteiger partial charge is 0.123 e.